The minimum atomic E-state index is -0.513. The molecule has 2 heterocycles. The van der Waals surface area contributed by atoms with Gasteiger partial charge in [0.2, 0.25) is 5.91 Å². The van der Waals surface area contributed by atoms with Crippen LogP contribution in [-0.4, -0.2) is 61.6 Å². The average molecular weight is 455 g/mol. The lowest BCUT2D eigenvalue weighted by Crippen LogP contribution is -2.48. The number of esters is 1. The molecule has 3 aromatic rings. The van der Waals surface area contributed by atoms with E-state index < -0.39 is 5.97 Å². The number of aromatic amines is 1. The molecule has 0 atom stereocenters. The molecule has 0 spiro atoms. The van der Waals surface area contributed by atoms with Gasteiger partial charge in [-0.1, -0.05) is 29.8 Å². The number of aromatic nitrogens is 1. The van der Waals surface area contributed by atoms with Crippen molar-refractivity contribution in [1.82, 2.24) is 9.88 Å². The zero-order valence-electron chi connectivity index (χ0n) is 18.5. The first kappa shape index (κ1) is 22.2. The van der Waals surface area contributed by atoms with E-state index in [1.54, 1.807) is 0 Å². The third-order valence-corrected chi connectivity index (χ3v) is 6.17. The van der Waals surface area contributed by atoms with Gasteiger partial charge in [-0.15, -0.1) is 0 Å². The van der Waals surface area contributed by atoms with Gasteiger partial charge in [-0.2, -0.15) is 0 Å². The van der Waals surface area contributed by atoms with Crippen molar-refractivity contribution in [2.75, 3.05) is 50.1 Å². The quantitative estimate of drug-likeness (QED) is 0.570. The van der Waals surface area contributed by atoms with Crippen molar-refractivity contribution < 1.29 is 14.3 Å². The maximum atomic E-state index is 12.9. The van der Waals surface area contributed by atoms with Crippen LogP contribution in [0.5, 0.6) is 0 Å². The molecule has 1 aliphatic rings. The molecule has 0 bridgehead atoms. The van der Waals surface area contributed by atoms with Crippen LogP contribution in [0.4, 0.5) is 11.4 Å². The Kier molecular flexibility index (Phi) is 6.39. The second-order valence-corrected chi connectivity index (χ2v) is 8.54. The van der Waals surface area contributed by atoms with E-state index >= 15 is 0 Å². The molecule has 1 aromatic heterocycles. The summed E-state index contributed by atoms with van der Waals surface area (Å²) in [4.78, 5) is 32.7. The SMILES string of the molecule is COC(=O)c1[nH]c2cccc(C)c2c1NC(=O)CN1CCN(c2cc(Cl)ccc2C)CC1. The van der Waals surface area contributed by atoms with E-state index in [2.05, 4.69) is 27.0 Å². The summed E-state index contributed by atoms with van der Waals surface area (Å²) in [6.07, 6.45) is 0. The van der Waals surface area contributed by atoms with E-state index in [4.69, 9.17) is 16.3 Å². The Morgan fingerprint density at radius 2 is 1.84 bits per heavy atom. The molecule has 7 nitrogen and oxygen atoms in total. The molecule has 0 saturated carbocycles. The summed E-state index contributed by atoms with van der Waals surface area (Å²) in [6.45, 7) is 7.42. The Hall–Kier alpha value is -3.03. The van der Waals surface area contributed by atoms with Gasteiger partial charge in [0, 0.05) is 47.8 Å². The van der Waals surface area contributed by atoms with Crippen molar-refractivity contribution in [3.8, 4) is 0 Å². The van der Waals surface area contributed by atoms with E-state index in [1.807, 2.05) is 43.3 Å². The Bertz CT molecular complexity index is 1170. The molecule has 1 fully saturated rings. The number of amides is 1. The number of halogens is 1. The van der Waals surface area contributed by atoms with Crippen LogP contribution in [0, 0.1) is 13.8 Å². The predicted molar refractivity (Wildman–Crippen MR) is 128 cm³/mol. The summed E-state index contributed by atoms with van der Waals surface area (Å²) in [5, 5.41) is 4.50. The Labute approximate surface area is 192 Å². The van der Waals surface area contributed by atoms with Gasteiger partial charge in [0.15, 0.2) is 0 Å². The van der Waals surface area contributed by atoms with Crippen molar-refractivity contribution in [1.29, 1.82) is 0 Å². The zero-order chi connectivity index (χ0) is 22.8. The summed E-state index contributed by atoms with van der Waals surface area (Å²) in [5.41, 5.74) is 4.81. The van der Waals surface area contributed by atoms with Gasteiger partial charge in [-0.3, -0.25) is 9.69 Å². The molecule has 2 N–H and O–H groups in total. The number of hydrogen-bond acceptors (Lipinski definition) is 5. The maximum absolute atomic E-state index is 12.9. The third-order valence-electron chi connectivity index (χ3n) is 5.94. The second-order valence-electron chi connectivity index (χ2n) is 8.11. The van der Waals surface area contributed by atoms with Crippen LogP contribution in [0.2, 0.25) is 5.02 Å². The number of piperazine rings is 1. The number of fused-ring (bicyclic) bond motifs is 1. The van der Waals surface area contributed by atoms with Crippen LogP contribution in [0.3, 0.4) is 0 Å². The summed E-state index contributed by atoms with van der Waals surface area (Å²) in [5.74, 6) is -0.673. The van der Waals surface area contributed by atoms with Crippen molar-refractivity contribution >= 4 is 45.8 Å². The molecule has 1 amide bonds. The first-order valence-corrected chi connectivity index (χ1v) is 11.0. The largest absolute Gasteiger partial charge is 0.464 e. The highest BCUT2D eigenvalue weighted by atomic mass is 35.5. The number of anilines is 2. The topological polar surface area (TPSA) is 77.7 Å². The zero-order valence-corrected chi connectivity index (χ0v) is 19.3. The number of hydrogen-bond donors (Lipinski definition) is 2. The number of nitrogens with one attached hydrogen (secondary N) is 2. The first-order valence-electron chi connectivity index (χ1n) is 10.6. The highest BCUT2D eigenvalue weighted by Gasteiger charge is 2.24. The molecule has 1 saturated heterocycles. The van der Waals surface area contributed by atoms with Crippen LogP contribution >= 0.6 is 11.6 Å². The van der Waals surface area contributed by atoms with Crippen molar-refractivity contribution in [2.45, 2.75) is 13.8 Å². The minimum absolute atomic E-state index is 0.160. The third kappa shape index (κ3) is 4.45. The average Bonchev–Trinajstić information content (AvgIpc) is 3.15. The maximum Gasteiger partial charge on any atom is 0.356 e. The minimum Gasteiger partial charge on any atom is -0.464 e. The Balaban J connectivity index is 1.44. The van der Waals surface area contributed by atoms with E-state index in [0.29, 0.717) is 5.69 Å². The van der Waals surface area contributed by atoms with Crippen molar-refractivity contribution in [2.24, 2.45) is 0 Å². The monoisotopic (exact) mass is 454 g/mol. The van der Waals surface area contributed by atoms with Gasteiger partial charge >= 0.3 is 5.97 Å². The fourth-order valence-corrected chi connectivity index (χ4v) is 4.42. The van der Waals surface area contributed by atoms with Gasteiger partial charge in [-0.05, 0) is 43.2 Å². The molecular weight excluding hydrogens is 428 g/mol. The molecule has 4 rings (SSSR count). The summed E-state index contributed by atoms with van der Waals surface area (Å²) < 4.78 is 4.90. The molecule has 2 aromatic carbocycles. The summed E-state index contributed by atoms with van der Waals surface area (Å²) in [6, 6.07) is 11.6. The van der Waals surface area contributed by atoms with Crippen LogP contribution < -0.4 is 10.2 Å². The van der Waals surface area contributed by atoms with E-state index in [-0.39, 0.29) is 18.1 Å². The Morgan fingerprint density at radius 1 is 1.09 bits per heavy atom. The van der Waals surface area contributed by atoms with E-state index in [1.165, 1.54) is 12.7 Å². The lowest BCUT2D eigenvalue weighted by molar-refractivity contribution is -0.117. The van der Waals surface area contributed by atoms with Crippen molar-refractivity contribution in [3.63, 3.8) is 0 Å². The molecule has 0 aliphatic carbocycles. The number of nitrogens with zero attached hydrogens (tertiary/aromatic N) is 2. The molecule has 168 valence electrons. The van der Waals surface area contributed by atoms with E-state index in [9.17, 15) is 9.59 Å². The van der Waals surface area contributed by atoms with Gasteiger partial charge in [0.1, 0.15) is 5.69 Å². The van der Waals surface area contributed by atoms with E-state index in [0.717, 1.165) is 53.4 Å². The predicted octanol–water partition coefficient (Wildman–Crippen LogP) is 3.99. The number of H-pyrrole nitrogens is 1. The van der Waals surface area contributed by atoms with Gasteiger partial charge in [-0.25, -0.2) is 4.79 Å². The molecule has 0 unspecified atom stereocenters. The highest BCUT2D eigenvalue weighted by Crippen LogP contribution is 2.31. The lowest BCUT2D eigenvalue weighted by atomic mass is 10.1. The lowest BCUT2D eigenvalue weighted by Gasteiger charge is -2.36. The number of benzene rings is 2. The highest BCUT2D eigenvalue weighted by molar-refractivity contribution is 6.30. The second kappa shape index (κ2) is 9.22. The van der Waals surface area contributed by atoms with Crippen molar-refractivity contribution in [3.05, 3.63) is 58.2 Å². The van der Waals surface area contributed by atoms with Crippen LogP contribution in [-0.2, 0) is 9.53 Å². The molecule has 8 heteroatoms. The fraction of sp³-hybridized carbons (Fsp3) is 0.333. The molecule has 32 heavy (non-hydrogen) atoms. The smallest absolute Gasteiger partial charge is 0.356 e. The van der Waals surface area contributed by atoms with Gasteiger partial charge in [0.05, 0.1) is 19.3 Å². The number of methoxy groups -OCH3 is 1. The fourth-order valence-electron chi connectivity index (χ4n) is 4.26. The van der Waals surface area contributed by atoms with Gasteiger partial charge < -0.3 is 19.9 Å². The number of ether oxygens (including phenoxy) is 1. The number of carbonyl (C=O) groups excluding carboxylic acids is 2. The number of aryl methyl sites for hydroxylation is 2. The normalized spacial score (nSPS) is 14.6. The summed E-state index contributed by atoms with van der Waals surface area (Å²) in [7, 11) is 1.33. The molecule has 0 radical (unpaired) electrons. The number of rotatable bonds is 5. The standard InChI is InChI=1S/C24H27ClN4O3/c1-15-7-8-17(25)13-19(15)29-11-9-28(10-12-29)14-20(30)27-22-21-16(2)5-4-6-18(21)26-23(22)24(31)32-3/h4-8,13,26H,9-12,14H2,1-3H3,(H,27,30). The number of carbonyl (C=O) groups is 2. The first-order chi connectivity index (χ1) is 15.4. The van der Waals surface area contributed by atoms with Crippen LogP contribution in [0.25, 0.3) is 10.9 Å². The molecule has 1 aliphatic heterocycles. The Morgan fingerprint density at radius 3 is 2.56 bits per heavy atom. The van der Waals surface area contributed by atoms with Crippen LogP contribution in [0.1, 0.15) is 21.6 Å². The summed E-state index contributed by atoms with van der Waals surface area (Å²) >= 11 is 6.17. The molecular formula is C24H27ClN4O3. The van der Waals surface area contributed by atoms with Gasteiger partial charge in [0.25, 0.3) is 0 Å². The van der Waals surface area contributed by atoms with Crippen LogP contribution in [0.15, 0.2) is 36.4 Å².